The lowest BCUT2D eigenvalue weighted by molar-refractivity contribution is -0.136. The number of benzene rings is 1. The topological polar surface area (TPSA) is 113 Å². The molecule has 2 heterocycles. The summed E-state index contributed by atoms with van der Waals surface area (Å²) in [5.41, 5.74) is 7.17. The minimum Gasteiger partial charge on any atom is -0.493 e. The summed E-state index contributed by atoms with van der Waals surface area (Å²) in [6.45, 7) is 1.73. The van der Waals surface area contributed by atoms with Crippen LogP contribution in [-0.4, -0.2) is 32.3 Å². The van der Waals surface area contributed by atoms with E-state index in [0.717, 1.165) is 0 Å². The third-order valence-electron chi connectivity index (χ3n) is 4.38. The fourth-order valence-corrected chi connectivity index (χ4v) is 3.18. The summed E-state index contributed by atoms with van der Waals surface area (Å²) in [7, 11) is 4.26. The number of nitrogens with two attached hydrogens (primary N) is 1. The van der Waals surface area contributed by atoms with Gasteiger partial charge in [0.25, 0.3) is 5.56 Å². The maximum Gasteiger partial charge on any atom is 0.340 e. The summed E-state index contributed by atoms with van der Waals surface area (Å²) >= 11 is 0. The van der Waals surface area contributed by atoms with Gasteiger partial charge in [0.1, 0.15) is 11.3 Å². The van der Waals surface area contributed by atoms with Crippen LogP contribution in [0.2, 0.25) is 0 Å². The summed E-state index contributed by atoms with van der Waals surface area (Å²) in [5, 5.41) is 0. The minimum absolute atomic E-state index is 0.0478. The van der Waals surface area contributed by atoms with E-state index in [4.69, 9.17) is 24.7 Å². The molecule has 3 rings (SSSR count). The maximum absolute atomic E-state index is 12.7. The molecule has 142 valence electrons. The quantitative estimate of drug-likeness (QED) is 0.783. The van der Waals surface area contributed by atoms with Gasteiger partial charge in [-0.1, -0.05) is 6.07 Å². The Morgan fingerprint density at radius 2 is 1.85 bits per heavy atom. The van der Waals surface area contributed by atoms with E-state index in [0.29, 0.717) is 28.5 Å². The smallest absolute Gasteiger partial charge is 0.340 e. The molecule has 0 amide bonds. The molecule has 0 bridgehead atoms. The van der Waals surface area contributed by atoms with Crippen LogP contribution >= 0.6 is 0 Å². The Morgan fingerprint density at radius 1 is 1.15 bits per heavy atom. The van der Waals surface area contributed by atoms with Gasteiger partial charge in [-0.2, -0.15) is 0 Å². The van der Waals surface area contributed by atoms with E-state index < -0.39 is 11.9 Å². The standard InChI is InChI=1S/C19H20N2O6/c1-9-7-13-15(18(22)21-9)14(16(17(20)27-13)19(23)26-4)10-5-6-11(24-2)12(8-10)25-3/h5-8,14H,20H2,1-4H3,(H,21,22)/t14-/m0/s1. The number of rotatable bonds is 4. The molecule has 3 N–H and O–H groups in total. The van der Waals surface area contributed by atoms with Gasteiger partial charge in [0.15, 0.2) is 11.5 Å². The molecule has 8 heteroatoms. The number of hydrogen-bond acceptors (Lipinski definition) is 7. The second kappa shape index (κ2) is 7.06. The average Bonchev–Trinajstić information content (AvgIpc) is 2.65. The first kappa shape index (κ1) is 18.4. The van der Waals surface area contributed by atoms with Crippen LogP contribution < -0.4 is 25.5 Å². The fraction of sp³-hybridized carbons (Fsp3) is 0.263. The molecular formula is C19H20N2O6. The van der Waals surface area contributed by atoms with Crippen LogP contribution in [0.4, 0.5) is 0 Å². The Kier molecular flexibility index (Phi) is 4.81. The Morgan fingerprint density at radius 3 is 2.48 bits per heavy atom. The summed E-state index contributed by atoms with van der Waals surface area (Å²) < 4.78 is 21.0. The van der Waals surface area contributed by atoms with Gasteiger partial charge in [-0.05, 0) is 24.6 Å². The molecule has 1 atom stereocenters. The van der Waals surface area contributed by atoms with E-state index in [9.17, 15) is 9.59 Å². The van der Waals surface area contributed by atoms with Gasteiger partial charge in [0.05, 0.1) is 32.8 Å². The molecule has 2 aromatic rings. The molecule has 0 saturated heterocycles. The normalized spacial score (nSPS) is 15.6. The van der Waals surface area contributed by atoms with Gasteiger partial charge in [0.2, 0.25) is 5.88 Å². The van der Waals surface area contributed by atoms with Crippen molar-refractivity contribution in [3.05, 3.63) is 62.9 Å². The molecule has 1 aliphatic rings. The average molecular weight is 372 g/mol. The molecule has 0 aliphatic carbocycles. The monoisotopic (exact) mass is 372 g/mol. The zero-order valence-corrected chi connectivity index (χ0v) is 15.4. The van der Waals surface area contributed by atoms with Gasteiger partial charge in [-0.25, -0.2) is 4.79 Å². The van der Waals surface area contributed by atoms with Crippen LogP contribution in [0.25, 0.3) is 0 Å². The van der Waals surface area contributed by atoms with E-state index in [1.165, 1.54) is 21.3 Å². The van der Waals surface area contributed by atoms with E-state index in [-0.39, 0.29) is 22.6 Å². The highest BCUT2D eigenvalue weighted by atomic mass is 16.5. The number of carbonyl (C=O) groups is 1. The second-order valence-electron chi connectivity index (χ2n) is 5.98. The summed E-state index contributed by atoms with van der Waals surface area (Å²) in [4.78, 5) is 27.9. The van der Waals surface area contributed by atoms with E-state index >= 15 is 0 Å². The van der Waals surface area contributed by atoms with Gasteiger partial charge in [0, 0.05) is 11.8 Å². The number of ether oxygens (including phenoxy) is 4. The molecular weight excluding hydrogens is 352 g/mol. The van der Waals surface area contributed by atoms with Crippen LogP contribution in [0, 0.1) is 6.92 Å². The number of pyridine rings is 1. The lowest BCUT2D eigenvalue weighted by atomic mass is 9.83. The van der Waals surface area contributed by atoms with Crippen LogP contribution in [-0.2, 0) is 9.53 Å². The molecule has 1 aliphatic heterocycles. The van der Waals surface area contributed by atoms with Crippen LogP contribution in [0.15, 0.2) is 40.5 Å². The Labute approximate surface area is 155 Å². The molecule has 1 aromatic carbocycles. The first-order valence-electron chi connectivity index (χ1n) is 8.12. The van der Waals surface area contributed by atoms with E-state index in [1.807, 2.05) is 0 Å². The number of aromatic nitrogens is 1. The predicted octanol–water partition coefficient (Wildman–Crippen LogP) is 1.57. The maximum atomic E-state index is 12.7. The molecule has 27 heavy (non-hydrogen) atoms. The first-order chi connectivity index (χ1) is 12.9. The van der Waals surface area contributed by atoms with Gasteiger partial charge in [-0.3, -0.25) is 4.79 Å². The lowest BCUT2D eigenvalue weighted by Gasteiger charge is -2.28. The van der Waals surface area contributed by atoms with Crippen molar-refractivity contribution in [1.29, 1.82) is 0 Å². The third kappa shape index (κ3) is 3.10. The number of fused-ring (bicyclic) bond motifs is 1. The van der Waals surface area contributed by atoms with Crippen molar-refractivity contribution in [2.45, 2.75) is 12.8 Å². The fourth-order valence-electron chi connectivity index (χ4n) is 3.18. The van der Waals surface area contributed by atoms with Gasteiger partial charge >= 0.3 is 5.97 Å². The summed E-state index contributed by atoms with van der Waals surface area (Å²) in [5.74, 6) is -0.319. The number of aryl methyl sites for hydroxylation is 1. The second-order valence-corrected chi connectivity index (χ2v) is 5.98. The van der Waals surface area contributed by atoms with Gasteiger partial charge in [-0.15, -0.1) is 0 Å². The zero-order valence-electron chi connectivity index (χ0n) is 15.4. The third-order valence-corrected chi connectivity index (χ3v) is 4.38. The molecule has 0 unspecified atom stereocenters. The van der Waals surface area contributed by atoms with Crippen molar-refractivity contribution in [3.63, 3.8) is 0 Å². The van der Waals surface area contributed by atoms with Crippen molar-refractivity contribution >= 4 is 5.97 Å². The molecule has 0 fully saturated rings. The number of carbonyl (C=O) groups excluding carboxylic acids is 1. The number of esters is 1. The number of hydrogen-bond donors (Lipinski definition) is 2. The van der Waals surface area contributed by atoms with Crippen LogP contribution in [0.3, 0.4) is 0 Å². The Balaban J connectivity index is 2.30. The summed E-state index contributed by atoms with van der Waals surface area (Å²) in [6.07, 6.45) is 0. The zero-order chi connectivity index (χ0) is 19.7. The SMILES string of the molecule is COC(=O)C1=C(N)Oc2cc(C)[nH]c(=O)c2[C@@H]1c1ccc(OC)c(OC)c1. The van der Waals surface area contributed by atoms with Crippen molar-refractivity contribution in [3.8, 4) is 17.2 Å². The highest BCUT2D eigenvalue weighted by Crippen LogP contribution is 2.43. The highest BCUT2D eigenvalue weighted by molar-refractivity contribution is 5.92. The van der Waals surface area contributed by atoms with Crippen molar-refractivity contribution in [2.24, 2.45) is 5.73 Å². The number of methoxy groups -OCH3 is 3. The van der Waals surface area contributed by atoms with Crippen molar-refractivity contribution in [2.75, 3.05) is 21.3 Å². The van der Waals surface area contributed by atoms with E-state index in [1.54, 1.807) is 31.2 Å². The highest BCUT2D eigenvalue weighted by Gasteiger charge is 2.37. The minimum atomic E-state index is -0.787. The van der Waals surface area contributed by atoms with Crippen molar-refractivity contribution < 1.29 is 23.7 Å². The summed E-state index contributed by atoms with van der Waals surface area (Å²) in [6, 6.07) is 6.77. The van der Waals surface area contributed by atoms with Crippen LogP contribution in [0.1, 0.15) is 22.7 Å². The van der Waals surface area contributed by atoms with E-state index in [2.05, 4.69) is 4.98 Å². The van der Waals surface area contributed by atoms with Crippen molar-refractivity contribution in [1.82, 2.24) is 4.98 Å². The molecule has 0 radical (unpaired) electrons. The number of nitrogens with one attached hydrogen (secondary N) is 1. The molecule has 1 aromatic heterocycles. The number of H-pyrrole nitrogens is 1. The van der Waals surface area contributed by atoms with Crippen LogP contribution in [0.5, 0.6) is 17.2 Å². The molecule has 0 saturated carbocycles. The Bertz CT molecular complexity index is 992. The number of aromatic amines is 1. The Hall–Kier alpha value is -3.42. The van der Waals surface area contributed by atoms with Gasteiger partial charge < -0.3 is 29.7 Å². The molecule has 0 spiro atoms. The largest absolute Gasteiger partial charge is 0.493 e. The lowest BCUT2D eigenvalue weighted by Crippen LogP contribution is -2.31. The molecule has 8 nitrogen and oxygen atoms in total. The predicted molar refractivity (Wildman–Crippen MR) is 97.0 cm³/mol. The first-order valence-corrected chi connectivity index (χ1v) is 8.12.